The lowest BCUT2D eigenvalue weighted by atomic mass is 10.2. The largest absolute Gasteiger partial charge is 0.495 e. The Hall–Kier alpha value is -2.66. The van der Waals surface area contributed by atoms with E-state index in [0.717, 1.165) is 5.56 Å². The smallest absolute Gasteiger partial charge is 0.248 e. The summed E-state index contributed by atoms with van der Waals surface area (Å²) in [6.45, 7) is 0.220. The van der Waals surface area contributed by atoms with Crippen LogP contribution >= 0.6 is 11.6 Å². The van der Waals surface area contributed by atoms with Crippen LogP contribution in [0.1, 0.15) is 5.56 Å². The van der Waals surface area contributed by atoms with E-state index in [4.69, 9.17) is 25.8 Å². The maximum Gasteiger partial charge on any atom is 0.248 e. The highest BCUT2D eigenvalue weighted by Crippen LogP contribution is 2.33. The molecule has 1 aliphatic rings. The highest BCUT2D eigenvalue weighted by Gasteiger charge is 2.12. The summed E-state index contributed by atoms with van der Waals surface area (Å²) in [7, 11) is 1.53. The second kappa shape index (κ2) is 6.62. The molecule has 0 saturated carbocycles. The van der Waals surface area contributed by atoms with Gasteiger partial charge in [-0.1, -0.05) is 17.7 Å². The molecule has 1 N–H and O–H groups in total. The van der Waals surface area contributed by atoms with Gasteiger partial charge in [0.05, 0.1) is 12.8 Å². The van der Waals surface area contributed by atoms with Gasteiger partial charge >= 0.3 is 0 Å². The molecule has 0 saturated heterocycles. The van der Waals surface area contributed by atoms with Crippen LogP contribution in [0.3, 0.4) is 0 Å². The summed E-state index contributed by atoms with van der Waals surface area (Å²) in [4.78, 5) is 12.0. The van der Waals surface area contributed by atoms with Crippen LogP contribution in [0.5, 0.6) is 17.2 Å². The van der Waals surface area contributed by atoms with Crippen LogP contribution in [-0.2, 0) is 4.79 Å². The van der Waals surface area contributed by atoms with Crippen molar-refractivity contribution in [3.8, 4) is 17.2 Å². The number of hydrogen-bond acceptors (Lipinski definition) is 4. The first-order chi connectivity index (χ1) is 11.2. The molecule has 0 atom stereocenters. The molecule has 0 radical (unpaired) electrons. The summed E-state index contributed by atoms with van der Waals surface area (Å²) in [5.41, 5.74) is 1.35. The highest BCUT2D eigenvalue weighted by atomic mass is 35.5. The first kappa shape index (κ1) is 15.2. The number of rotatable bonds is 4. The molecule has 0 spiro atoms. The zero-order valence-corrected chi connectivity index (χ0v) is 13.1. The van der Waals surface area contributed by atoms with Crippen molar-refractivity contribution in [2.45, 2.75) is 0 Å². The Morgan fingerprint density at radius 3 is 2.87 bits per heavy atom. The summed E-state index contributed by atoms with van der Waals surface area (Å²) in [6.07, 6.45) is 3.12. The Balaban J connectivity index is 1.71. The number of nitrogens with one attached hydrogen (secondary N) is 1. The predicted octanol–water partition coefficient (Wildman–Crippen LogP) is 3.73. The maximum atomic E-state index is 12.0. The van der Waals surface area contributed by atoms with Crippen molar-refractivity contribution < 1.29 is 19.0 Å². The van der Waals surface area contributed by atoms with E-state index in [0.29, 0.717) is 28.0 Å². The Morgan fingerprint density at radius 2 is 2.04 bits per heavy atom. The van der Waals surface area contributed by atoms with Crippen molar-refractivity contribution in [3.05, 3.63) is 53.1 Å². The van der Waals surface area contributed by atoms with E-state index >= 15 is 0 Å². The molecule has 23 heavy (non-hydrogen) atoms. The molecular formula is C17H14ClNO4. The summed E-state index contributed by atoms with van der Waals surface area (Å²) < 4.78 is 15.7. The SMILES string of the molecule is COc1ccc(Cl)cc1NC(=O)/C=C/c1ccc2c(c1)OCO2. The van der Waals surface area contributed by atoms with Gasteiger partial charge in [-0.05, 0) is 42.0 Å². The Kier molecular flexibility index (Phi) is 4.39. The topological polar surface area (TPSA) is 56.8 Å². The van der Waals surface area contributed by atoms with Gasteiger partial charge in [0, 0.05) is 11.1 Å². The summed E-state index contributed by atoms with van der Waals surface area (Å²) in [6, 6.07) is 10.5. The lowest BCUT2D eigenvalue weighted by Gasteiger charge is -2.08. The van der Waals surface area contributed by atoms with E-state index in [9.17, 15) is 4.79 Å². The number of carbonyl (C=O) groups is 1. The zero-order chi connectivity index (χ0) is 16.2. The van der Waals surface area contributed by atoms with Gasteiger partial charge in [-0.25, -0.2) is 0 Å². The van der Waals surface area contributed by atoms with Crippen LogP contribution in [0.25, 0.3) is 6.08 Å². The molecule has 1 amide bonds. The van der Waals surface area contributed by atoms with Crippen molar-refractivity contribution in [1.82, 2.24) is 0 Å². The first-order valence-electron chi connectivity index (χ1n) is 6.88. The van der Waals surface area contributed by atoms with Crippen LogP contribution in [0.4, 0.5) is 5.69 Å². The standard InChI is InChI=1S/C17H14ClNO4/c1-21-14-6-4-12(18)9-13(14)19-17(20)7-3-11-2-5-15-16(8-11)23-10-22-15/h2-9H,10H2,1H3,(H,19,20)/b7-3+. The molecular weight excluding hydrogens is 318 g/mol. The van der Waals surface area contributed by atoms with E-state index in [1.807, 2.05) is 12.1 Å². The lowest BCUT2D eigenvalue weighted by molar-refractivity contribution is -0.111. The van der Waals surface area contributed by atoms with Crippen LogP contribution in [-0.4, -0.2) is 19.8 Å². The molecule has 118 valence electrons. The molecule has 3 rings (SSSR count). The van der Waals surface area contributed by atoms with Crippen LogP contribution in [0.2, 0.25) is 5.02 Å². The summed E-state index contributed by atoms with van der Waals surface area (Å²) in [5.74, 6) is 1.63. The average molecular weight is 332 g/mol. The molecule has 2 aromatic rings. The fourth-order valence-electron chi connectivity index (χ4n) is 2.14. The molecule has 0 aromatic heterocycles. The molecule has 0 fully saturated rings. The van der Waals surface area contributed by atoms with Gasteiger partial charge in [-0.2, -0.15) is 0 Å². The average Bonchev–Trinajstić information content (AvgIpc) is 3.01. The fourth-order valence-corrected chi connectivity index (χ4v) is 2.31. The van der Waals surface area contributed by atoms with Crippen LogP contribution < -0.4 is 19.5 Å². The molecule has 0 unspecified atom stereocenters. The Bertz CT molecular complexity index is 773. The zero-order valence-electron chi connectivity index (χ0n) is 12.3. The molecule has 1 aliphatic heterocycles. The molecule has 1 heterocycles. The summed E-state index contributed by atoms with van der Waals surface area (Å²) >= 11 is 5.93. The second-order valence-corrected chi connectivity index (χ2v) is 5.22. The maximum absolute atomic E-state index is 12.0. The number of benzene rings is 2. The minimum Gasteiger partial charge on any atom is -0.495 e. The van der Waals surface area contributed by atoms with E-state index < -0.39 is 0 Å². The van der Waals surface area contributed by atoms with Crippen LogP contribution in [0, 0.1) is 0 Å². The van der Waals surface area contributed by atoms with E-state index in [2.05, 4.69) is 5.32 Å². The van der Waals surface area contributed by atoms with Gasteiger partial charge < -0.3 is 19.5 Å². The number of halogens is 1. The number of anilines is 1. The number of fused-ring (bicyclic) bond motifs is 1. The van der Waals surface area contributed by atoms with E-state index in [-0.39, 0.29) is 12.7 Å². The first-order valence-corrected chi connectivity index (χ1v) is 7.26. The number of carbonyl (C=O) groups excluding carboxylic acids is 1. The minimum atomic E-state index is -0.289. The molecule has 0 aliphatic carbocycles. The van der Waals surface area contributed by atoms with Crippen molar-refractivity contribution in [2.24, 2.45) is 0 Å². The monoisotopic (exact) mass is 331 g/mol. The van der Waals surface area contributed by atoms with Crippen LogP contribution in [0.15, 0.2) is 42.5 Å². The number of amides is 1. The quantitative estimate of drug-likeness (QED) is 0.867. The molecule has 2 aromatic carbocycles. The molecule has 0 bridgehead atoms. The van der Waals surface area contributed by atoms with Gasteiger partial charge in [0.1, 0.15) is 5.75 Å². The highest BCUT2D eigenvalue weighted by molar-refractivity contribution is 6.31. The van der Waals surface area contributed by atoms with Gasteiger partial charge in [-0.3, -0.25) is 4.79 Å². The lowest BCUT2D eigenvalue weighted by Crippen LogP contribution is -2.08. The third-order valence-electron chi connectivity index (χ3n) is 3.24. The third-order valence-corrected chi connectivity index (χ3v) is 3.48. The van der Waals surface area contributed by atoms with Crippen molar-refractivity contribution in [3.63, 3.8) is 0 Å². The fraction of sp³-hybridized carbons (Fsp3) is 0.118. The minimum absolute atomic E-state index is 0.220. The second-order valence-electron chi connectivity index (χ2n) is 4.78. The Morgan fingerprint density at radius 1 is 1.22 bits per heavy atom. The van der Waals surface area contributed by atoms with Crippen molar-refractivity contribution in [1.29, 1.82) is 0 Å². The molecule has 6 heteroatoms. The normalized spacial score (nSPS) is 12.4. The summed E-state index contributed by atoms with van der Waals surface area (Å²) in [5, 5.41) is 3.25. The molecule has 5 nitrogen and oxygen atoms in total. The number of ether oxygens (including phenoxy) is 3. The van der Waals surface area contributed by atoms with Gasteiger partial charge in [0.25, 0.3) is 0 Å². The van der Waals surface area contributed by atoms with E-state index in [1.165, 1.54) is 13.2 Å². The van der Waals surface area contributed by atoms with Gasteiger partial charge in [0.2, 0.25) is 12.7 Å². The third kappa shape index (κ3) is 3.57. The number of hydrogen-bond donors (Lipinski definition) is 1. The van der Waals surface area contributed by atoms with E-state index in [1.54, 1.807) is 30.3 Å². The van der Waals surface area contributed by atoms with Gasteiger partial charge in [-0.15, -0.1) is 0 Å². The Labute approximate surface area is 138 Å². The van der Waals surface area contributed by atoms with Gasteiger partial charge in [0.15, 0.2) is 11.5 Å². The number of methoxy groups -OCH3 is 1. The van der Waals surface area contributed by atoms with Crippen molar-refractivity contribution in [2.75, 3.05) is 19.2 Å². The predicted molar refractivity (Wildman–Crippen MR) is 88.2 cm³/mol. The van der Waals surface area contributed by atoms with Crippen molar-refractivity contribution >= 4 is 29.3 Å².